The summed E-state index contributed by atoms with van der Waals surface area (Å²) in [5, 5.41) is 19.6. The summed E-state index contributed by atoms with van der Waals surface area (Å²) in [5.41, 5.74) is 3.28. The van der Waals surface area contributed by atoms with Crippen molar-refractivity contribution < 1.29 is 15.0 Å². The SMILES string of the molecule is Cc1ccc(C)c(C(O)c2ccccc2C(=O)O)c1. The smallest absolute Gasteiger partial charge is 0.336 e. The summed E-state index contributed by atoms with van der Waals surface area (Å²) in [6.07, 6.45) is -0.924. The summed E-state index contributed by atoms with van der Waals surface area (Å²) in [6.45, 7) is 3.85. The number of aliphatic hydroxyl groups is 1. The molecule has 0 aliphatic rings. The van der Waals surface area contributed by atoms with Crippen molar-refractivity contribution in [2.45, 2.75) is 20.0 Å². The summed E-state index contributed by atoms with van der Waals surface area (Å²) in [7, 11) is 0. The molecule has 0 saturated heterocycles. The van der Waals surface area contributed by atoms with Crippen LogP contribution in [0.4, 0.5) is 0 Å². The van der Waals surface area contributed by atoms with Crippen LogP contribution in [0.25, 0.3) is 0 Å². The molecule has 1 atom stereocenters. The molecule has 2 aromatic carbocycles. The Morgan fingerprint density at radius 3 is 2.42 bits per heavy atom. The van der Waals surface area contributed by atoms with Crippen LogP contribution in [0.3, 0.4) is 0 Å². The van der Waals surface area contributed by atoms with Crippen molar-refractivity contribution in [1.82, 2.24) is 0 Å². The van der Waals surface area contributed by atoms with Crippen LogP contribution in [0, 0.1) is 13.8 Å². The summed E-state index contributed by atoms with van der Waals surface area (Å²) in [4.78, 5) is 11.2. The third kappa shape index (κ3) is 2.66. The summed E-state index contributed by atoms with van der Waals surface area (Å²) in [6, 6.07) is 12.3. The Morgan fingerprint density at radius 2 is 1.74 bits per heavy atom. The highest BCUT2D eigenvalue weighted by Gasteiger charge is 2.19. The molecule has 0 spiro atoms. The molecule has 3 heteroatoms. The number of carboxylic acid groups (broad SMARTS) is 1. The van der Waals surface area contributed by atoms with E-state index in [1.165, 1.54) is 6.07 Å². The molecule has 0 aliphatic carbocycles. The van der Waals surface area contributed by atoms with Gasteiger partial charge in [-0.1, -0.05) is 42.0 Å². The minimum absolute atomic E-state index is 0.135. The number of hydrogen-bond acceptors (Lipinski definition) is 2. The zero-order valence-electron chi connectivity index (χ0n) is 10.9. The predicted octanol–water partition coefficient (Wildman–Crippen LogP) is 3.08. The van der Waals surface area contributed by atoms with Gasteiger partial charge in [-0.2, -0.15) is 0 Å². The van der Waals surface area contributed by atoms with Crippen LogP contribution in [0.15, 0.2) is 42.5 Å². The molecule has 0 radical (unpaired) electrons. The Hall–Kier alpha value is -2.13. The number of carboxylic acids is 1. The van der Waals surface area contributed by atoms with E-state index >= 15 is 0 Å². The van der Waals surface area contributed by atoms with E-state index in [2.05, 4.69) is 0 Å². The number of rotatable bonds is 3. The highest BCUT2D eigenvalue weighted by atomic mass is 16.4. The maximum atomic E-state index is 11.2. The first-order valence-electron chi connectivity index (χ1n) is 6.08. The van der Waals surface area contributed by atoms with E-state index in [4.69, 9.17) is 0 Å². The third-order valence-electron chi connectivity index (χ3n) is 3.22. The van der Waals surface area contributed by atoms with Gasteiger partial charge in [-0.15, -0.1) is 0 Å². The molecule has 2 N–H and O–H groups in total. The number of aromatic carboxylic acids is 1. The molecule has 3 nitrogen and oxygen atoms in total. The average molecular weight is 256 g/mol. The van der Waals surface area contributed by atoms with E-state index in [9.17, 15) is 15.0 Å². The second-order valence-corrected chi connectivity index (χ2v) is 4.65. The van der Waals surface area contributed by atoms with Crippen LogP contribution in [0.5, 0.6) is 0 Å². The van der Waals surface area contributed by atoms with Gasteiger partial charge in [-0.05, 0) is 36.6 Å². The molecular formula is C16H16O3. The van der Waals surface area contributed by atoms with Crippen LogP contribution >= 0.6 is 0 Å². The fourth-order valence-corrected chi connectivity index (χ4v) is 2.15. The number of hydrogen-bond donors (Lipinski definition) is 2. The van der Waals surface area contributed by atoms with Gasteiger partial charge < -0.3 is 10.2 Å². The zero-order chi connectivity index (χ0) is 14.0. The zero-order valence-corrected chi connectivity index (χ0v) is 10.9. The Labute approximate surface area is 112 Å². The van der Waals surface area contributed by atoms with E-state index in [0.29, 0.717) is 5.56 Å². The normalized spacial score (nSPS) is 12.2. The lowest BCUT2D eigenvalue weighted by atomic mass is 9.93. The Balaban J connectivity index is 2.53. The molecule has 98 valence electrons. The molecule has 2 aromatic rings. The fraction of sp³-hybridized carbons (Fsp3) is 0.188. The summed E-state index contributed by atoms with van der Waals surface area (Å²) >= 11 is 0. The highest BCUT2D eigenvalue weighted by molar-refractivity contribution is 5.89. The van der Waals surface area contributed by atoms with Crippen molar-refractivity contribution in [1.29, 1.82) is 0 Å². The molecule has 0 aromatic heterocycles. The molecule has 0 aliphatic heterocycles. The van der Waals surface area contributed by atoms with Gasteiger partial charge in [0, 0.05) is 0 Å². The Morgan fingerprint density at radius 1 is 1.05 bits per heavy atom. The highest BCUT2D eigenvalue weighted by Crippen LogP contribution is 2.28. The largest absolute Gasteiger partial charge is 0.478 e. The van der Waals surface area contributed by atoms with Crippen LogP contribution < -0.4 is 0 Å². The maximum absolute atomic E-state index is 11.2. The van der Waals surface area contributed by atoms with Crippen molar-refractivity contribution in [3.05, 3.63) is 70.3 Å². The molecule has 1 unspecified atom stereocenters. The first kappa shape index (κ1) is 13.3. The topological polar surface area (TPSA) is 57.5 Å². The van der Waals surface area contributed by atoms with Crippen LogP contribution in [-0.2, 0) is 0 Å². The minimum atomic E-state index is -1.03. The fourth-order valence-electron chi connectivity index (χ4n) is 2.15. The summed E-state index contributed by atoms with van der Waals surface area (Å²) in [5.74, 6) is -1.03. The van der Waals surface area contributed by atoms with Gasteiger partial charge in [0.25, 0.3) is 0 Å². The van der Waals surface area contributed by atoms with Gasteiger partial charge in [0.1, 0.15) is 6.10 Å². The molecule has 2 rings (SSSR count). The summed E-state index contributed by atoms with van der Waals surface area (Å²) < 4.78 is 0. The van der Waals surface area contributed by atoms with Crippen LogP contribution in [-0.4, -0.2) is 16.2 Å². The van der Waals surface area contributed by atoms with Crippen molar-refractivity contribution >= 4 is 5.97 Å². The van der Waals surface area contributed by atoms with Gasteiger partial charge in [0.2, 0.25) is 0 Å². The number of carbonyl (C=O) groups is 1. The molecule has 0 amide bonds. The van der Waals surface area contributed by atoms with E-state index in [1.807, 2.05) is 32.0 Å². The maximum Gasteiger partial charge on any atom is 0.336 e. The van der Waals surface area contributed by atoms with E-state index in [-0.39, 0.29) is 5.56 Å². The van der Waals surface area contributed by atoms with Gasteiger partial charge in [0.15, 0.2) is 0 Å². The van der Waals surface area contributed by atoms with Gasteiger partial charge in [-0.3, -0.25) is 0 Å². The molecule has 0 fully saturated rings. The standard InChI is InChI=1S/C16H16O3/c1-10-7-8-11(2)14(9-10)15(17)12-5-3-4-6-13(12)16(18)19/h3-9,15,17H,1-2H3,(H,18,19). The van der Waals surface area contributed by atoms with E-state index in [1.54, 1.807) is 18.2 Å². The number of aryl methyl sites for hydroxylation is 2. The second-order valence-electron chi connectivity index (χ2n) is 4.65. The van der Waals surface area contributed by atoms with Gasteiger partial charge in [0.05, 0.1) is 5.56 Å². The van der Waals surface area contributed by atoms with Crippen molar-refractivity contribution in [3.63, 3.8) is 0 Å². The predicted molar refractivity (Wildman–Crippen MR) is 73.4 cm³/mol. The monoisotopic (exact) mass is 256 g/mol. The van der Waals surface area contributed by atoms with Gasteiger partial charge in [-0.25, -0.2) is 4.79 Å². The first-order chi connectivity index (χ1) is 9.00. The molecular weight excluding hydrogens is 240 g/mol. The van der Waals surface area contributed by atoms with Crippen molar-refractivity contribution in [2.24, 2.45) is 0 Å². The lowest BCUT2D eigenvalue weighted by Gasteiger charge is -2.16. The van der Waals surface area contributed by atoms with E-state index < -0.39 is 12.1 Å². The second kappa shape index (κ2) is 5.24. The molecule has 19 heavy (non-hydrogen) atoms. The van der Waals surface area contributed by atoms with Crippen LogP contribution in [0.2, 0.25) is 0 Å². The first-order valence-corrected chi connectivity index (χ1v) is 6.08. The van der Waals surface area contributed by atoms with Gasteiger partial charge >= 0.3 is 5.97 Å². The lowest BCUT2D eigenvalue weighted by molar-refractivity contribution is 0.0691. The lowest BCUT2D eigenvalue weighted by Crippen LogP contribution is -2.09. The molecule has 0 bridgehead atoms. The number of benzene rings is 2. The van der Waals surface area contributed by atoms with Crippen molar-refractivity contribution in [3.8, 4) is 0 Å². The minimum Gasteiger partial charge on any atom is -0.478 e. The van der Waals surface area contributed by atoms with E-state index in [0.717, 1.165) is 16.7 Å². The quantitative estimate of drug-likeness (QED) is 0.887. The van der Waals surface area contributed by atoms with Crippen LogP contribution in [0.1, 0.15) is 38.7 Å². The molecule has 0 saturated carbocycles. The Bertz CT molecular complexity index is 617. The average Bonchev–Trinajstić information content (AvgIpc) is 2.40. The Kier molecular flexibility index (Phi) is 3.67. The number of aliphatic hydroxyl groups excluding tert-OH is 1. The third-order valence-corrected chi connectivity index (χ3v) is 3.22. The van der Waals surface area contributed by atoms with Crippen molar-refractivity contribution in [2.75, 3.05) is 0 Å². The molecule has 0 heterocycles.